The number of benzene rings is 2. The highest BCUT2D eigenvalue weighted by Gasteiger charge is 2.34. The molecule has 0 N–H and O–H groups in total. The van der Waals surface area contributed by atoms with Crippen LogP contribution in [0.15, 0.2) is 70.7 Å². The quantitative estimate of drug-likeness (QED) is 0.515. The fourth-order valence-electron chi connectivity index (χ4n) is 3.83. The van der Waals surface area contributed by atoms with E-state index < -0.39 is 5.41 Å². The van der Waals surface area contributed by atoms with Gasteiger partial charge >= 0.3 is 0 Å². The molecule has 1 aliphatic rings. The first-order valence-corrected chi connectivity index (χ1v) is 10.1. The van der Waals surface area contributed by atoms with Gasteiger partial charge in [0.15, 0.2) is 5.65 Å². The minimum Gasteiger partial charge on any atom is -0.381 e. The smallest absolute Gasteiger partial charge is 0.161 e. The van der Waals surface area contributed by atoms with E-state index in [4.69, 9.17) is 4.74 Å². The largest absolute Gasteiger partial charge is 0.381 e. The maximum absolute atomic E-state index is 9.84. The Balaban J connectivity index is 1.47. The Morgan fingerprint density at radius 1 is 1.04 bits per heavy atom. The molecule has 0 saturated carbocycles. The van der Waals surface area contributed by atoms with Gasteiger partial charge in [-0.2, -0.15) is 5.26 Å². The van der Waals surface area contributed by atoms with Crippen LogP contribution in [-0.4, -0.2) is 27.8 Å². The average molecular weight is 386 g/mol. The predicted octanol–water partition coefficient (Wildman–Crippen LogP) is 4.61. The van der Waals surface area contributed by atoms with Crippen LogP contribution in [0.5, 0.6) is 0 Å². The standard InChI is InChI=1S/C22H18N4OS/c23-14-22(8-10-27-11-9-22)17-2-1-3-18(13-17)28-19-5-6-20-16(12-19)4-7-21-25-24-15-26(20)21/h1-7,12-13,15H,8-11H2. The zero-order chi connectivity index (χ0) is 19.0. The van der Waals surface area contributed by atoms with E-state index in [9.17, 15) is 5.26 Å². The number of rotatable bonds is 3. The monoisotopic (exact) mass is 386 g/mol. The Kier molecular flexibility index (Phi) is 4.27. The fraction of sp³-hybridized carbons (Fsp3) is 0.227. The Hall–Kier alpha value is -2.88. The predicted molar refractivity (Wildman–Crippen MR) is 108 cm³/mol. The van der Waals surface area contributed by atoms with Crippen LogP contribution in [0.1, 0.15) is 18.4 Å². The molecule has 0 amide bonds. The van der Waals surface area contributed by atoms with Crippen molar-refractivity contribution in [1.29, 1.82) is 5.26 Å². The number of aromatic nitrogens is 3. The lowest BCUT2D eigenvalue weighted by Crippen LogP contribution is -2.32. The van der Waals surface area contributed by atoms with Crippen molar-refractivity contribution in [2.75, 3.05) is 13.2 Å². The molecule has 2 aromatic carbocycles. The van der Waals surface area contributed by atoms with Gasteiger partial charge in [-0.25, -0.2) is 0 Å². The van der Waals surface area contributed by atoms with Gasteiger partial charge in [-0.1, -0.05) is 23.9 Å². The van der Waals surface area contributed by atoms with Gasteiger partial charge in [0.1, 0.15) is 6.33 Å². The molecule has 0 bridgehead atoms. The van der Waals surface area contributed by atoms with Crippen LogP contribution in [-0.2, 0) is 10.2 Å². The highest BCUT2D eigenvalue weighted by atomic mass is 32.2. The van der Waals surface area contributed by atoms with Crippen LogP contribution >= 0.6 is 11.8 Å². The average Bonchev–Trinajstić information content (AvgIpc) is 3.23. The van der Waals surface area contributed by atoms with E-state index >= 15 is 0 Å². The molecule has 3 heterocycles. The van der Waals surface area contributed by atoms with Gasteiger partial charge < -0.3 is 4.74 Å². The number of pyridine rings is 1. The van der Waals surface area contributed by atoms with Crippen LogP contribution in [0.2, 0.25) is 0 Å². The van der Waals surface area contributed by atoms with Crippen molar-refractivity contribution >= 4 is 28.3 Å². The van der Waals surface area contributed by atoms with Crippen LogP contribution in [0.3, 0.4) is 0 Å². The summed E-state index contributed by atoms with van der Waals surface area (Å²) in [6, 6.07) is 21.4. The molecule has 2 aromatic heterocycles. The first kappa shape index (κ1) is 17.2. The lowest BCUT2D eigenvalue weighted by Gasteiger charge is -2.31. The van der Waals surface area contributed by atoms with Crippen molar-refractivity contribution in [3.05, 3.63) is 66.5 Å². The van der Waals surface area contributed by atoms with Crippen molar-refractivity contribution in [2.45, 2.75) is 28.0 Å². The zero-order valence-electron chi connectivity index (χ0n) is 15.2. The first-order valence-electron chi connectivity index (χ1n) is 9.27. The van der Waals surface area contributed by atoms with E-state index in [0.29, 0.717) is 13.2 Å². The van der Waals surface area contributed by atoms with Crippen molar-refractivity contribution < 1.29 is 4.74 Å². The van der Waals surface area contributed by atoms with Crippen molar-refractivity contribution in [1.82, 2.24) is 14.6 Å². The fourth-order valence-corrected chi connectivity index (χ4v) is 4.76. The van der Waals surface area contributed by atoms with Gasteiger partial charge in [0.2, 0.25) is 0 Å². The summed E-state index contributed by atoms with van der Waals surface area (Å²) in [7, 11) is 0. The molecule has 5 nitrogen and oxygen atoms in total. The molecule has 5 rings (SSSR count). The number of nitrogens with zero attached hydrogens (tertiary/aromatic N) is 4. The number of ether oxygens (including phenoxy) is 1. The Morgan fingerprint density at radius 2 is 1.89 bits per heavy atom. The summed E-state index contributed by atoms with van der Waals surface area (Å²) in [4.78, 5) is 2.30. The van der Waals surface area contributed by atoms with Crippen molar-refractivity contribution in [3.63, 3.8) is 0 Å². The molecular formula is C22H18N4OS. The van der Waals surface area contributed by atoms with E-state index in [1.165, 1.54) is 0 Å². The normalized spacial score (nSPS) is 16.2. The third-order valence-corrected chi connectivity index (χ3v) is 6.41. The maximum Gasteiger partial charge on any atom is 0.161 e. The lowest BCUT2D eigenvalue weighted by molar-refractivity contribution is 0.0675. The van der Waals surface area contributed by atoms with Gasteiger partial charge in [-0.15, -0.1) is 10.2 Å². The third kappa shape index (κ3) is 2.93. The van der Waals surface area contributed by atoms with E-state index in [-0.39, 0.29) is 0 Å². The van der Waals surface area contributed by atoms with Crippen LogP contribution in [0.4, 0.5) is 0 Å². The maximum atomic E-state index is 9.84. The first-order chi connectivity index (χ1) is 13.8. The van der Waals surface area contributed by atoms with Crippen LogP contribution < -0.4 is 0 Å². The molecule has 0 aliphatic carbocycles. The molecule has 28 heavy (non-hydrogen) atoms. The molecule has 6 heteroatoms. The highest BCUT2D eigenvalue weighted by molar-refractivity contribution is 7.99. The van der Waals surface area contributed by atoms with Gasteiger partial charge in [0.05, 0.1) is 17.0 Å². The summed E-state index contributed by atoms with van der Waals surface area (Å²) < 4.78 is 7.46. The van der Waals surface area contributed by atoms with Gasteiger partial charge in [-0.3, -0.25) is 4.40 Å². The van der Waals surface area contributed by atoms with E-state index in [1.807, 2.05) is 16.5 Å². The molecule has 138 valence electrons. The van der Waals surface area contributed by atoms with E-state index in [0.717, 1.165) is 44.7 Å². The Labute approximate surface area is 167 Å². The second-order valence-corrected chi connectivity index (χ2v) is 8.20. The summed E-state index contributed by atoms with van der Waals surface area (Å²) in [5.41, 5.74) is 2.60. The van der Waals surface area contributed by atoms with E-state index in [2.05, 4.69) is 58.7 Å². The van der Waals surface area contributed by atoms with Gasteiger partial charge in [0, 0.05) is 23.0 Å². The molecule has 0 atom stereocenters. The van der Waals surface area contributed by atoms with Crippen molar-refractivity contribution in [3.8, 4) is 6.07 Å². The minimum atomic E-state index is -0.432. The number of fused-ring (bicyclic) bond motifs is 3. The number of hydrogen-bond acceptors (Lipinski definition) is 5. The second-order valence-electron chi connectivity index (χ2n) is 7.05. The van der Waals surface area contributed by atoms with Crippen LogP contribution in [0, 0.1) is 11.3 Å². The minimum absolute atomic E-state index is 0.432. The number of hydrogen-bond donors (Lipinski definition) is 0. The number of nitriles is 1. The van der Waals surface area contributed by atoms with E-state index in [1.54, 1.807) is 18.1 Å². The molecule has 0 spiro atoms. The molecule has 1 aliphatic heterocycles. The van der Waals surface area contributed by atoms with Gasteiger partial charge in [0.25, 0.3) is 0 Å². The Morgan fingerprint density at radius 3 is 2.75 bits per heavy atom. The lowest BCUT2D eigenvalue weighted by atomic mass is 9.75. The summed E-state index contributed by atoms with van der Waals surface area (Å²) in [5, 5.41) is 19.1. The topological polar surface area (TPSA) is 63.2 Å². The third-order valence-electron chi connectivity index (χ3n) is 5.43. The zero-order valence-corrected chi connectivity index (χ0v) is 16.0. The summed E-state index contributed by atoms with van der Waals surface area (Å²) in [6.45, 7) is 1.29. The second kappa shape index (κ2) is 6.93. The summed E-state index contributed by atoms with van der Waals surface area (Å²) >= 11 is 1.72. The molecular weight excluding hydrogens is 368 g/mol. The molecule has 0 radical (unpaired) electrons. The molecule has 0 unspecified atom stereocenters. The molecule has 1 saturated heterocycles. The Bertz CT molecular complexity index is 1200. The summed E-state index contributed by atoms with van der Waals surface area (Å²) in [5.74, 6) is 0. The summed E-state index contributed by atoms with van der Waals surface area (Å²) in [6.07, 6.45) is 3.24. The molecule has 4 aromatic rings. The van der Waals surface area contributed by atoms with Crippen LogP contribution in [0.25, 0.3) is 16.6 Å². The van der Waals surface area contributed by atoms with Crippen molar-refractivity contribution in [2.24, 2.45) is 0 Å². The molecule has 1 fully saturated rings. The highest BCUT2D eigenvalue weighted by Crippen LogP contribution is 2.37. The SMILES string of the molecule is N#CC1(c2cccc(Sc3ccc4c(ccc5nncn54)c3)c2)CCOCC1. The van der Waals surface area contributed by atoms with Gasteiger partial charge in [-0.05, 0) is 66.3 Å².